The second-order valence-electron chi connectivity index (χ2n) is 2.25. The number of ether oxygens (including phenoxy) is 1. The summed E-state index contributed by atoms with van der Waals surface area (Å²) in [6.07, 6.45) is 5.15. The van der Waals surface area contributed by atoms with Gasteiger partial charge in [-0.15, -0.1) is 0 Å². The van der Waals surface area contributed by atoms with Crippen LogP contribution in [0.4, 0.5) is 0 Å². The maximum Gasteiger partial charge on any atom is 0.232 e. The van der Waals surface area contributed by atoms with Crippen molar-refractivity contribution in [2.45, 2.75) is 0 Å². The van der Waals surface area contributed by atoms with E-state index >= 15 is 0 Å². The molecule has 12 heavy (non-hydrogen) atoms. The molecule has 5 heteroatoms. The lowest BCUT2D eigenvalue weighted by Crippen LogP contribution is -1.92. The van der Waals surface area contributed by atoms with E-state index in [2.05, 4.69) is 26.0 Å². The molecule has 62 valence electrons. The minimum absolute atomic E-state index is 0.554. The van der Waals surface area contributed by atoms with Crippen molar-refractivity contribution in [3.8, 4) is 5.88 Å². The molecule has 0 aromatic carbocycles. The number of rotatable bonds is 1. The molecule has 0 atom stereocenters. The SMILES string of the molecule is COc1cn2ncc(Br)c2cn1. The zero-order valence-corrected chi connectivity index (χ0v) is 7.95. The van der Waals surface area contributed by atoms with Crippen LogP contribution in [0.2, 0.25) is 0 Å². The van der Waals surface area contributed by atoms with Crippen LogP contribution in [-0.4, -0.2) is 21.7 Å². The molecule has 0 radical (unpaired) electrons. The second kappa shape index (κ2) is 2.75. The van der Waals surface area contributed by atoms with Crippen molar-refractivity contribution in [1.29, 1.82) is 0 Å². The van der Waals surface area contributed by atoms with Crippen molar-refractivity contribution in [2.75, 3.05) is 7.11 Å². The number of fused-ring (bicyclic) bond motifs is 1. The van der Waals surface area contributed by atoms with E-state index in [0.29, 0.717) is 5.88 Å². The summed E-state index contributed by atoms with van der Waals surface area (Å²) in [6, 6.07) is 0. The van der Waals surface area contributed by atoms with Crippen LogP contribution in [0.15, 0.2) is 23.1 Å². The monoisotopic (exact) mass is 227 g/mol. The Kier molecular flexibility index (Phi) is 1.73. The molecule has 0 N–H and O–H groups in total. The Morgan fingerprint density at radius 3 is 3.08 bits per heavy atom. The summed E-state index contributed by atoms with van der Waals surface area (Å²) in [6.45, 7) is 0. The Morgan fingerprint density at radius 1 is 1.50 bits per heavy atom. The predicted molar refractivity (Wildman–Crippen MR) is 47.2 cm³/mol. The van der Waals surface area contributed by atoms with Gasteiger partial charge in [-0.3, -0.25) is 0 Å². The molecule has 2 aromatic heterocycles. The Bertz CT molecular complexity index is 412. The molecular weight excluding hydrogens is 222 g/mol. The fourth-order valence-electron chi connectivity index (χ4n) is 0.942. The van der Waals surface area contributed by atoms with Crippen LogP contribution in [0, 0.1) is 0 Å². The average molecular weight is 228 g/mol. The van der Waals surface area contributed by atoms with E-state index in [-0.39, 0.29) is 0 Å². The number of aromatic nitrogens is 3. The summed E-state index contributed by atoms with van der Waals surface area (Å²) in [5.74, 6) is 0.554. The first-order valence-corrected chi connectivity index (χ1v) is 4.13. The molecule has 0 amide bonds. The van der Waals surface area contributed by atoms with Gasteiger partial charge in [-0.1, -0.05) is 0 Å². The molecule has 2 rings (SSSR count). The standard InChI is InChI=1S/C7H6BrN3O/c1-12-7-4-11-6(3-9-7)5(8)2-10-11/h2-4H,1H3. The van der Waals surface area contributed by atoms with Gasteiger partial charge >= 0.3 is 0 Å². The zero-order chi connectivity index (χ0) is 8.55. The molecule has 0 saturated heterocycles. The number of halogens is 1. The highest BCUT2D eigenvalue weighted by Crippen LogP contribution is 2.17. The van der Waals surface area contributed by atoms with Gasteiger partial charge in [0.2, 0.25) is 5.88 Å². The van der Waals surface area contributed by atoms with Crippen molar-refractivity contribution in [3.05, 3.63) is 23.1 Å². The maximum absolute atomic E-state index is 4.94. The molecule has 0 aliphatic carbocycles. The van der Waals surface area contributed by atoms with Gasteiger partial charge in [0, 0.05) is 0 Å². The summed E-state index contributed by atoms with van der Waals surface area (Å²) < 4.78 is 7.58. The molecule has 0 bridgehead atoms. The van der Waals surface area contributed by atoms with Crippen molar-refractivity contribution >= 4 is 21.4 Å². The summed E-state index contributed by atoms with van der Waals surface area (Å²) in [5, 5.41) is 4.08. The highest BCUT2D eigenvalue weighted by atomic mass is 79.9. The van der Waals surface area contributed by atoms with Crippen LogP contribution in [0.1, 0.15) is 0 Å². The lowest BCUT2D eigenvalue weighted by atomic mass is 10.5. The highest BCUT2D eigenvalue weighted by Gasteiger charge is 2.01. The maximum atomic E-state index is 4.94. The Balaban J connectivity index is 2.69. The normalized spacial score (nSPS) is 10.5. The largest absolute Gasteiger partial charge is 0.480 e. The molecule has 0 saturated carbocycles. The van der Waals surface area contributed by atoms with Crippen molar-refractivity contribution in [1.82, 2.24) is 14.6 Å². The quantitative estimate of drug-likeness (QED) is 0.742. The number of hydrogen-bond donors (Lipinski definition) is 0. The smallest absolute Gasteiger partial charge is 0.232 e. The Labute approximate surface area is 77.3 Å². The second-order valence-corrected chi connectivity index (χ2v) is 3.11. The molecule has 0 aliphatic heterocycles. The Morgan fingerprint density at radius 2 is 2.33 bits per heavy atom. The van der Waals surface area contributed by atoms with Gasteiger partial charge in [0.15, 0.2) is 0 Å². The lowest BCUT2D eigenvalue weighted by Gasteiger charge is -1.97. The van der Waals surface area contributed by atoms with Gasteiger partial charge in [0.1, 0.15) is 0 Å². The molecule has 2 aromatic rings. The van der Waals surface area contributed by atoms with Crippen LogP contribution in [-0.2, 0) is 0 Å². The third-order valence-corrected chi connectivity index (χ3v) is 2.15. The van der Waals surface area contributed by atoms with E-state index in [0.717, 1.165) is 9.99 Å². The molecule has 0 aliphatic rings. The molecule has 2 heterocycles. The number of nitrogens with zero attached hydrogens (tertiary/aromatic N) is 3. The minimum Gasteiger partial charge on any atom is -0.480 e. The number of hydrogen-bond acceptors (Lipinski definition) is 3. The van der Waals surface area contributed by atoms with Crippen molar-refractivity contribution < 1.29 is 4.74 Å². The van der Waals surface area contributed by atoms with Crippen LogP contribution < -0.4 is 4.74 Å². The van der Waals surface area contributed by atoms with E-state index in [9.17, 15) is 0 Å². The van der Waals surface area contributed by atoms with Crippen molar-refractivity contribution in [3.63, 3.8) is 0 Å². The predicted octanol–water partition coefficient (Wildman–Crippen LogP) is 1.50. The van der Waals surface area contributed by atoms with Gasteiger partial charge in [-0.05, 0) is 15.9 Å². The summed E-state index contributed by atoms with van der Waals surface area (Å²) >= 11 is 3.35. The summed E-state index contributed by atoms with van der Waals surface area (Å²) in [4.78, 5) is 4.05. The van der Waals surface area contributed by atoms with Crippen LogP contribution >= 0.6 is 15.9 Å². The van der Waals surface area contributed by atoms with E-state index < -0.39 is 0 Å². The van der Waals surface area contributed by atoms with Crippen molar-refractivity contribution in [2.24, 2.45) is 0 Å². The molecule has 0 fully saturated rings. The minimum atomic E-state index is 0.554. The fourth-order valence-corrected chi connectivity index (χ4v) is 1.32. The fraction of sp³-hybridized carbons (Fsp3) is 0.143. The van der Waals surface area contributed by atoms with Crippen LogP contribution in [0.25, 0.3) is 5.52 Å². The third-order valence-electron chi connectivity index (χ3n) is 1.54. The van der Waals surface area contributed by atoms with Gasteiger partial charge in [-0.25, -0.2) is 9.50 Å². The first-order valence-electron chi connectivity index (χ1n) is 3.34. The van der Waals surface area contributed by atoms with E-state index in [1.165, 1.54) is 0 Å². The lowest BCUT2D eigenvalue weighted by molar-refractivity contribution is 0.394. The van der Waals surface area contributed by atoms with Gasteiger partial charge in [0.25, 0.3) is 0 Å². The first-order chi connectivity index (χ1) is 5.81. The topological polar surface area (TPSA) is 39.4 Å². The highest BCUT2D eigenvalue weighted by molar-refractivity contribution is 9.10. The van der Waals surface area contributed by atoms with E-state index in [1.54, 1.807) is 30.2 Å². The van der Waals surface area contributed by atoms with Gasteiger partial charge in [0.05, 0.1) is 35.7 Å². The van der Waals surface area contributed by atoms with Crippen LogP contribution in [0.5, 0.6) is 5.88 Å². The molecule has 0 spiro atoms. The van der Waals surface area contributed by atoms with E-state index in [1.807, 2.05) is 0 Å². The van der Waals surface area contributed by atoms with Crippen LogP contribution in [0.3, 0.4) is 0 Å². The third kappa shape index (κ3) is 1.06. The summed E-state index contributed by atoms with van der Waals surface area (Å²) in [5.41, 5.74) is 0.927. The van der Waals surface area contributed by atoms with E-state index in [4.69, 9.17) is 4.74 Å². The van der Waals surface area contributed by atoms with Gasteiger partial charge in [-0.2, -0.15) is 5.10 Å². The zero-order valence-electron chi connectivity index (χ0n) is 6.36. The summed E-state index contributed by atoms with van der Waals surface area (Å²) in [7, 11) is 1.58. The molecule has 0 unspecified atom stereocenters. The van der Waals surface area contributed by atoms with Gasteiger partial charge < -0.3 is 4.74 Å². The Hall–Kier alpha value is -1.10. The first kappa shape index (κ1) is 7.54. The average Bonchev–Trinajstić information content (AvgIpc) is 2.47. The number of methoxy groups -OCH3 is 1. The molecular formula is C7H6BrN3O. The molecule has 4 nitrogen and oxygen atoms in total.